The van der Waals surface area contributed by atoms with Crippen molar-refractivity contribution < 1.29 is 63.0 Å². The Kier molecular flexibility index (Phi) is 21.0. The van der Waals surface area contributed by atoms with Gasteiger partial charge in [0.2, 0.25) is 5.79 Å². The van der Waals surface area contributed by atoms with Crippen molar-refractivity contribution in [3.05, 3.63) is 47.6 Å². The highest BCUT2D eigenvalue weighted by molar-refractivity contribution is 6.39. The molecule has 1 saturated carbocycles. The molecule has 4 rings (SSSR count). The zero-order valence-electron chi connectivity index (χ0n) is 40.6. The Bertz CT molecular complexity index is 1760. The lowest BCUT2D eigenvalue weighted by Crippen LogP contribution is -2.61. The molecular weight excluding hydrogens is 835 g/mol. The summed E-state index contributed by atoms with van der Waals surface area (Å²) in [5.74, 6) is -7.96. The van der Waals surface area contributed by atoms with Crippen LogP contribution < -0.4 is 0 Å². The van der Waals surface area contributed by atoms with Crippen LogP contribution in [0.1, 0.15) is 126 Å². The Morgan fingerprint density at radius 1 is 0.846 bits per heavy atom. The Hall–Kier alpha value is -3.37. The lowest BCUT2D eigenvalue weighted by Gasteiger charge is -2.42. The number of carbonyl (C=O) groups excluding carboxylic acids is 5. The van der Waals surface area contributed by atoms with Crippen molar-refractivity contribution in [1.29, 1.82) is 0 Å². The van der Waals surface area contributed by atoms with E-state index in [2.05, 4.69) is 0 Å². The molecule has 0 radical (unpaired) electrons. The Morgan fingerprint density at radius 3 is 2.25 bits per heavy atom. The summed E-state index contributed by atoms with van der Waals surface area (Å²) < 4.78 is 29.4. The van der Waals surface area contributed by atoms with Crippen molar-refractivity contribution in [2.45, 2.75) is 180 Å². The van der Waals surface area contributed by atoms with Gasteiger partial charge in [0.25, 0.3) is 11.7 Å². The number of cyclic esters (lactones) is 1. The number of Topliss-reactive ketones (excluding diaryl/α,β-unsaturated/α-hetero) is 3. The first kappa shape index (κ1) is 54.2. The number of piperidine rings is 1. The maximum atomic E-state index is 14.4. The molecule has 3 fully saturated rings. The first-order valence-electron chi connectivity index (χ1n) is 23.9. The molecular formula is C51H79NO13. The lowest BCUT2D eigenvalue weighted by molar-refractivity contribution is -0.265. The normalized spacial score (nSPS) is 38.3. The van der Waals surface area contributed by atoms with Gasteiger partial charge in [-0.15, -0.1) is 0 Å². The van der Waals surface area contributed by atoms with Crippen LogP contribution >= 0.6 is 0 Å². The molecule has 0 aromatic heterocycles. The van der Waals surface area contributed by atoms with E-state index in [-0.39, 0.29) is 54.8 Å². The number of rotatable bonds is 6. The third-order valence-electron chi connectivity index (χ3n) is 14.5. The van der Waals surface area contributed by atoms with Gasteiger partial charge in [-0.2, -0.15) is 0 Å². The number of hydrogen-bond acceptors (Lipinski definition) is 13. The molecule has 65 heavy (non-hydrogen) atoms. The molecule has 0 aromatic carbocycles. The number of aliphatic hydroxyl groups excluding tert-OH is 2. The quantitative estimate of drug-likeness (QED) is 0.156. The van der Waals surface area contributed by atoms with Crippen LogP contribution in [0.4, 0.5) is 0 Å². The second kappa shape index (κ2) is 25.1. The van der Waals surface area contributed by atoms with Gasteiger partial charge >= 0.3 is 5.97 Å². The maximum Gasteiger partial charge on any atom is 0.329 e. The highest BCUT2D eigenvalue weighted by atomic mass is 16.6. The summed E-state index contributed by atoms with van der Waals surface area (Å²) in [5, 5.41) is 33.8. The van der Waals surface area contributed by atoms with Gasteiger partial charge in [-0.25, -0.2) is 4.79 Å². The molecule has 15 atom stereocenters. The van der Waals surface area contributed by atoms with Crippen molar-refractivity contribution in [3.63, 3.8) is 0 Å². The number of amides is 1. The number of nitrogens with zero attached hydrogens (tertiary/aromatic N) is 1. The van der Waals surface area contributed by atoms with Gasteiger partial charge in [0.15, 0.2) is 5.78 Å². The topological polar surface area (TPSA) is 195 Å². The fraction of sp³-hybridized carbons (Fsp3) is 0.745. The van der Waals surface area contributed by atoms with Crippen LogP contribution in [0.2, 0.25) is 0 Å². The number of allylic oxidation sites excluding steroid dienone is 6. The van der Waals surface area contributed by atoms with Crippen molar-refractivity contribution in [2.75, 3.05) is 27.9 Å². The molecule has 3 N–H and O–H groups in total. The van der Waals surface area contributed by atoms with Gasteiger partial charge in [0.1, 0.15) is 30.1 Å². The van der Waals surface area contributed by atoms with E-state index in [1.54, 1.807) is 41.1 Å². The first-order chi connectivity index (χ1) is 30.7. The molecule has 4 aliphatic rings. The Balaban J connectivity index is 1.70. The van der Waals surface area contributed by atoms with Crippen LogP contribution in [0, 0.1) is 35.5 Å². The third kappa shape index (κ3) is 14.3. The van der Waals surface area contributed by atoms with E-state index >= 15 is 0 Å². The zero-order valence-corrected chi connectivity index (χ0v) is 40.6. The number of ketones is 3. The minimum atomic E-state index is -2.43. The Labute approximate surface area is 387 Å². The number of hydrogen-bond donors (Lipinski definition) is 3. The molecule has 366 valence electrons. The second-order valence-corrected chi connectivity index (χ2v) is 19.6. The van der Waals surface area contributed by atoms with Crippen molar-refractivity contribution in [3.8, 4) is 0 Å². The number of esters is 1. The molecule has 3 aliphatic heterocycles. The minimum Gasteiger partial charge on any atom is -0.460 e. The molecule has 1 amide bonds. The average Bonchev–Trinajstić information content (AvgIpc) is 3.28. The molecule has 1 aliphatic carbocycles. The van der Waals surface area contributed by atoms with Crippen LogP contribution in [-0.4, -0.2) is 132 Å². The molecule has 14 heteroatoms. The average molecular weight is 914 g/mol. The van der Waals surface area contributed by atoms with E-state index in [1.807, 2.05) is 58.1 Å². The van der Waals surface area contributed by atoms with E-state index in [0.29, 0.717) is 63.4 Å². The summed E-state index contributed by atoms with van der Waals surface area (Å²) in [6.45, 7) is 12.7. The zero-order chi connectivity index (χ0) is 48.2. The monoisotopic (exact) mass is 914 g/mol. The van der Waals surface area contributed by atoms with Crippen LogP contribution in [0.25, 0.3) is 0 Å². The van der Waals surface area contributed by atoms with Gasteiger partial charge in [-0.3, -0.25) is 19.2 Å². The fourth-order valence-electron chi connectivity index (χ4n) is 10.1. The highest BCUT2D eigenvalue weighted by Gasteiger charge is 2.53. The summed E-state index contributed by atoms with van der Waals surface area (Å²) in [4.78, 5) is 71.8. The van der Waals surface area contributed by atoms with Crippen molar-refractivity contribution in [1.82, 2.24) is 4.90 Å². The molecule has 0 spiro atoms. The van der Waals surface area contributed by atoms with E-state index in [0.717, 1.165) is 12.0 Å². The number of carbonyl (C=O) groups is 5. The lowest BCUT2D eigenvalue weighted by atomic mass is 9.78. The summed E-state index contributed by atoms with van der Waals surface area (Å²) in [6.07, 6.45) is 11.2. The first-order valence-corrected chi connectivity index (χ1v) is 23.9. The van der Waals surface area contributed by atoms with Gasteiger partial charge in [0, 0.05) is 58.5 Å². The highest BCUT2D eigenvalue weighted by Crippen LogP contribution is 2.38. The predicted octanol–water partition coefficient (Wildman–Crippen LogP) is 6.18. The second-order valence-electron chi connectivity index (χ2n) is 19.6. The van der Waals surface area contributed by atoms with Crippen LogP contribution in [0.15, 0.2) is 47.6 Å². The summed E-state index contributed by atoms with van der Waals surface area (Å²) >= 11 is 0. The smallest absolute Gasteiger partial charge is 0.329 e. The number of ether oxygens (including phenoxy) is 5. The summed E-state index contributed by atoms with van der Waals surface area (Å²) in [7, 11) is 4.52. The third-order valence-corrected chi connectivity index (χ3v) is 14.5. The SMILES string of the molecule is CO[C@H]1C[C@@H]2CC[C@@H](C)[C@@](O)(O2)C(=O)C(=O)N2CCCC[C@H]2C(=O)O[C@H]([C@H](C)C[C@@H]2CC[C@@H](O)[C@H](OC)C2)CC(=O)[C@H](C)C=C(C)[C@H](O)[C@@H](OC)C(=O)[C@H](C)C[C@H](C)/C=C/C=CC=C1C. The molecule has 2 saturated heterocycles. The maximum absolute atomic E-state index is 14.4. The van der Waals surface area contributed by atoms with Gasteiger partial charge in [-0.05, 0) is 107 Å². The molecule has 0 unspecified atom stereocenters. The van der Waals surface area contributed by atoms with Crippen LogP contribution in [0.3, 0.4) is 0 Å². The standard InChI is InChI=1S/C51H79NO13/c1-30-16-12-11-13-17-31(2)42(61-8)28-38-21-19-36(7)51(60,65-38)48(57)49(58)52-23-15-14-18-39(52)50(59)64-43(33(4)26-37-20-22-40(53)44(27-37)62-9)29-41(54)32(3)25-35(6)46(56)47(63-10)45(55)34(5)24-30/h11-13,16-17,25,30,32-34,36-40,42-44,46-47,53,56,60H,14-15,18-24,26-29H2,1-10H3/b13-11?,16-12+,31-17?,35-25?/t30-,32-,33-,34-,36-,37+,38+,39+,40-,42+,43+,44-,46+,47+,51-/m1/s1. The number of aliphatic hydroxyl groups is 3. The molecule has 14 nitrogen and oxygen atoms in total. The van der Waals surface area contributed by atoms with Gasteiger partial charge in [-0.1, -0.05) is 71.1 Å². The van der Waals surface area contributed by atoms with Crippen LogP contribution in [0.5, 0.6) is 0 Å². The molecule has 2 bridgehead atoms. The molecule has 3 heterocycles. The van der Waals surface area contributed by atoms with Gasteiger partial charge in [0.05, 0.1) is 24.4 Å². The minimum absolute atomic E-state index is 0.0193. The van der Waals surface area contributed by atoms with E-state index in [9.17, 15) is 39.3 Å². The summed E-state index contributed by atoms with van der Waals surface area (Å²) in [5.41, 5.74) is 1.27. The number of fused-ring (bicyclic) bond motifs is 3. The van der Waals surface area contributed by atoms with E-state index in [1.165, 1.54) is 12.0 Å². The van der Waals surface area contributed by atoms with Gasteiger partial charge < -0.3 is 43.9 Å². The largest absolute Gasteiger partial charge is 0.460 e. The van der Waals surface area contributed by atoms with Crippen molar-refractivity contribution in [2.24, 2.45) is 35.5 Å². The van der Waals surface area contributed by atoms with Crippen LogP contribution in [-0.2, 0) is 47.7 Å². The van der Waals surface area contributed by atoms with E-state index < -0.39 is 83.9 Å². The predicted molar refractivity (Wildman–Crippen MR) is 245 cm³/mol. The number of methoxy groups -OCH3 is 3. The van der Waals surface area contributed by atoms with E-state index in [4.69, 9.17) is 23.7 Å². The Morgan fingerprint density at radius 2 is 1.57 bits per heavy atom. The summed E-state index contributed by atoms with van der Waals surface area (Å²) in [6, 6.07) is -1.14. The molecule has 0 aromatic rings. The van der Waals surface area contributed by atoms with Crippen molar-refractivity contribution >= 4 is 29.2 Å². The fourth-order valence-corrected chi connectivity index (χ4v) is 10.1.